The first-order valence-corrected chi connectivity index (χ1v) is 9.12. The minimum absolute atomic E-state index is 0.271. The number of hydrogen-bond acceptors (Lipinski definition) is 5. The van der Waals surface area contributed by atoms with Gasteiger partial charge in [0.2, 0.25) is 0 Å². The molecule has 0 atom stereocenters. The highest BCUT2D eigenvalue weighted by molar-refractivity contribution is 5.96. The number of carbonyl (C=O) groups excluding carboxylic acids is 2. The average molecular weight is 377 g/mol. The first kappa shape index (κ1) is 17.9. The molecule has 0 fully saturated rings. The standard InChI is InChI=1S/C21H19N3O4/c25-19-12-22-16-8-2-4-10-18(16)24(19)13-21(27)28-14-20(26)23-11-5-7-15-6-1-3-9-17(15)23/h1-4,6,8-10,12H,5,7,11,13-14H2. The lowest BCUT2D eigenvalue weighted by molar-refractivity contribution is -0.148. The van der Waals surface area contributed by atoms with Crippen molar-refractivity contribution in [1.82, 2.24) is 9.55 Å². The van der Waals surface area contributed by atoms with E-state index in [2.05, 4.69) is 4.98 Å². The first-order valence-electron chi connectivity index (χ1n) is 9.12. The normalized spacial score (nSPS) is 13.2. The molecular weight excluding hydrogens is 358 g/mol. The highest BCUT2D eigenvalue weighted by Gasteiger charge is 2.23. The molecule has 0 spiro atoms. The van der Waals surface area contributed by atoms with Crippen molar-refractivity contribution in [3.63, 3.8) is 0 Å². The zero-order valence-corrected chi connectivity index (χ0v) is 15.2. The molecule has 7 nitrogen and oxygen atoms in total. The lowest BCUT2D eigenvalue weighted by Crippen LogP contribution is -2.38. The number of amides is 1. The predicted molar refractivity (Wildman–Crippen MR) is 104 cm³/mol. The number of hydrogen-bond donors (Lipinski definition) is 0. The van der Waals surface area contributed by atoms with E-state index in [1.54, 1.807) is 29.2 Å². The molecule has 3 aromatic rings. The van der Waals surface area contributed by atoms with Crippen molar-refractivity contribution in [3.05, 3.63) is 70.6 Å². The number of ether oxygens (including phenoxy) is 1. The number of nitrogens with zero attached hydrogens (tertiary/aromatic N) is 3. The Bertz CT molecular complexity index is 1110. The smallest absolute Gasteiger partial charge is 0.326 e. The summed E-state index contributed by atoms with van der Waals surface area (Å²) in [5.41, 5.74) is 2.74. The fourth-order valence-corrected chi connectivity index (χ4v) is 3.47. The van der Waals surface area contributed by atoms with Crippen LogP contribution in [-0.4, -0.2) is 34.6 Å². The van der Waals surface area contributed by atoms with Crippen molar-refractivity contribution in [2.24, 2.45) is 0 Å². The molecule has 142 valence electrons. The van der Waals surface area contributed by atoms with E-state index in [4.69, 9.17) is 4.74 Å². The van der Waals surface area contributed by atoms with Crippen LogP contribution in [0.1, 0.15) is 12.0 Å². The van der Waals surface area contributed by atoms with Crippen LogP contribution in [-0.2, 0) is 27.3 Å². The fourth-order valence-electron chi connectivity index (χ4n) is 3.47. The van der Waals surface area contributed by atoms with Gasteiger partial charge < -0.3 is 9.64 Å². The summed E-state index contributed by atoms with van der Waals surface area (Å²) >= 11 is 0. The Morgan fingerprint density at radius 2 is 1.86 bits per heavy atom. The highest BCUT2D eigenvalue weighted by atomic mass is 16.5. The van der Waals surface area contributed by atoms with E-state index >= 15 is 0 Å². The van der Waals surface area contributed by atoms with E-state index < -0.39 is 11.5 Å². The highest BCUT2D eigenvalue weighted by Crippen LogP contribution is 2.26. The van der Waals surface area contributed by atoms with Crippen LogP contribution in [0.3, 0.4) is 0 Å². The van der Waals surface area contributed by atoms with Crippen molar-refractivity contribution in [3.8, 4) is 0 Å². The van der Waals surface area contributed by atoms with Gasteiger partial charge in [-0.25, -0.2) is 4.98 Å². The Labute approximate surface area is 161 Å². The molecule has 0 saturated heterocycles. The number of aryl methyl sites for hydroxylation is 1. The maximum atomic E-state index is 12.6. The average Bonchev–Trinajstić information content (AvgIpc) is 2.73. The van der Waals surface area contributed by atoms with Crippen molar-refractivity contribution in [2.75, 3.05) is 18.1 Å². The number of fused-ring (bicyclic) bond motifs is 2. The van der Waals surface area contributed by atoms with Gasteiger partial charge in [0.05, 0.1) is 17.2 Å². The largest absolute Gasteiger partial charge is 0.454 e. The van der Waals surface area contributed by atoms with Crippen LogP contribution in [0.25, 0.3) is 11.0 Å². The molecule has 1 amide bonds. The number of aromatic nitrogens is 2. The quantitative estimate of drug-likeness (QED) is 0.649. The molecule has 0 radical (unpaired) electrons. The van der Waals surface area contributed by atoms with Crippen molar-refractivity contribution in [2.45, 2.75) is 19.4 Å². The van der Waals surface area contributed by atoms with Crippen LogP contribution in [0.4, 0.5) is 5.69 Å². The fraction of sp³-hybridized carbons (Fsp3) is 0.238. The number of rotatable bonds is 4. The van der Waals surface area contributed by atoms with Gasteiger partial charge in [0, 0.05) is 12.2 Å². The zero-order chi connectivity index (χ0) is 19.5. The number of anilines is 1. The summed E-state index contributed by atoms with van der Waals surface area (Å²) < 4.78 is 6.47. The van der Waals surface area contributed by atoms with Crippen LogP contribution < -0.4 is 10.5 Å². The third-order valence-electron chi connectivity index (χ3n) is 4.81. The van der Waals surface area contributed by atoms with Gasteiger partial charge in [0.1, 0.15) is 6.54 Å². The Morgan fingerprint density at radius 3 is 2.75 bits per heavy atom. The van der Waals surface area contributed by atoms with Gasteiger partial charge >= 0.3 is 5.97 Å². The van der Waals surface area contributed by atoms with Gasteiger partial charge in [-0.15, -0.1) is 0 Å². The minimum Gasteiger partial charge on any atom is -0.454 e. The second-order valence-electron chi connectivity index (χ2n) is 6.61. The molecule has 7 heteroatoms. The van der Waals surface area contributed by atoms with E-state index in [9.17, 15) is 14.4 Å². The summed E-state index contributed by atoms with van der Waals surface area (Å²) in [6.07, 6.45) is 2.97. The van der Waals surface area contributed by atoms with Gasteiger partial charge in [-0.2, -0.15) is 0 Å². The monoisotopic (exact) mass is 377 g/mol. The summed E-state index contributed by atoms with van der Waals surface area (Å²) in [6.45, 7) is -0.0293. The summed E-state index contributed by atoms with van der Waals surface area (Å²) in [7, 11) is 0. The number of carbonyl (C=O) groups is 2. The van der Waals surface area contributed by atoms with Crippen molar-refractivity contribution in [1.29, 1.82) is 0 Å². The summed E-state index contributed by atoms with van der Waals surface area (Å²) in [6, 6.07) is 14.8. The van der Waals surface area contributed by atoms with Crippen LogP contribution in [0.15, 0.2) is 59.5 Å². The molecule has 0 N–H and O–H groups in total. The van der Waals surface area contributed by atoms with Gasteiger partial charge in [-0.05, 0) is 36.6 Å². The topological polar surface area (TPSA) is 81.5 Å². The van der Waals surface area contributed by atoms with Crippen LogP contribution in [0.2, 0.25) is 0 Å². The summed E-state index contributed by atoms with van der Waals surface area (Å²) in [5, 5.41) is 0. The third kappa shape index (κ3) is 3.51. The molecule has 0 aliphatic carbocycles. The van der Waals surface area contributed by atoms with E-state index in [1.165, 1.54) is 10.8 Å². The van der Waals surface area contributed by atoms with Crippen molar-refractivity contribution >= 4 is 28.6 Å². The molecule has 4 rings (SSSR count). The molecule has 28 heavy (non-hydrogen) atoms. The lowest BCUT2D eigenvalue weighted by atomic mass is 10.0. The summed E-state index contributed by atoms with van der Waals surface area (Å²) in [5.74, 6) is -0.912. The molecular formula is C21H19N3O4. The first-order chi connectivity index (χ1) is 13.6. The molecule has 2 heterocycles. The number of benzene rings is 2. The number of para-hydroxylation sites is 3. The number of esters is 1. The van der Waals surface area contributed by atoms with Crippen LogP contribution >= 0.6 is 0 Å². The van der Waals surface area contributed by atoms with E-state index in [1.807, 2.05) is 24.3 Å². The van der Waals surface area contributed by atoms with Crippen LogP contribution in [0.5, 0.6) is 0 Å². The Balaban J connectivity index is 1.44. The Morgan fingerprint density at radius 1 is 1.07 bits per heavy atom. The van der Waals surface area contributed by atoms with Gasteiger partial charge in [-0.1, -0.05) is 30.3 Å². The molecule has 0 unspecified atom stereocenters. The molecule has 1 aromatic heterocycles. The second kappa shape index (κ2) is 7.64. The lowest BCUT2D eigenvalue weighted by Gasteiger charge is -2.29. The van der Waals surface area contributed by atoms with E-state index in [-0.39, 0.29) is 19.1 Å². The SMILES string of the molecule is O=C(Cn1c(=O)cnc2ccccc21)OCC(=O)N1CCCc2ccccc21. The molecule has 0 bridgehead atoms. The van der Waals surface area contributed by atoms with Gasteiger partial charge in [0.15, 0.2) is 6.61 Å². The van der Waals surface area contributed by atoms with Gasteiger partial charge in [-0.3, -0.25) is 19.0 Å². The molecule has 0 saturated carbocycles. The Hall–Kier alpha value is -3.48. The van der Waals surface area contributed by atoms with E-state index in [0.29, 0.717) is 17.6 Å². The van der Waals surface area contributed by atoms with Crippen LogP contribution in [0, 0.1) is 0 Å². The second-order valence-corrected chi connectivity index (χ2v) is 6.61. The maximum Gasteiger partial charge on any atom is 0.326 e. The molecule has 1 aliphatic heterocycles. The van der Waals surface area contributed by atoms with Gasteiger partial charge in [0.25, 0.3) is 11.5 Å². The summed E-state index contributed by atoms with van der Waals surface area (Å²) in [4.78, 5) is 42.7. The minimum atomic E-state index is -0.642. The molecule has 1 aliphatic rings. The predicted octanol–water partition coefficient (Wildman–Crippen LogP) is 1.92. The maximum absolute atomic E-state index is 12.6. The third-order valence-corrected chi connectivity index (χ3v) is 4.81. The van der Waals surface area contributed by atoms with Crippen molar-refractivity contribution < 1.29 is 14.3 Å². The Kier molecular flexibility index (Phi) is 4.89. The molecule has 2 aromatic carbocycles. The zero-order valence-electron chi connectivity index (χ0n) is 15.2. The van der Waals surface area contributed by atoms with E-state index in [0.717, 1.165) is 24.1 Å².